The third kappa shape index (κ3) is 4.39. The van der Waals surface area contributed by atoms with Gasteiger partial charge >= 0.3 is 0 Å². The number of hydrogen-bond donors (Lipinski definition) is 1. The predicted molar refractivity (Wildman–Crippen MR) is 114 cm³/mol. The minimum atomic E-state index is -0.851. The summed E-state index contributed by atoms with van der Waals surface area (Å²) < 4.78 is 19.6. The van der Waals surface area contributed by atoms with Gasteiger partial charge in [0.15, 0.2) is 0 Å². The van der Waals surface area contributed by atoms with Crippen LogP contribution in [0.15, 0.2) is 55.0 Å². The molecule has 160 valence electrons. The number of morpholine rings is 1. The van der Waals surface area contributed by atoms with Crippen molar-refractivity contribution in [2.24, 2.45) is 0 Å². The highest BCUT2D eigenvalue weighted by Gasteiger charge is 2.37. The number of ether oxygens (including phenoxy) is 1. The first-order chi connectivity index (χ1) is 14.8. The summed E-state index contributed by atoms with van der Waals surface area (Å²) >= 11 is 0. The van der Waals surface area contributed by atoms with Crippen LogP contribution in [0.5, 0.6) is 0 Å². The Labute approximate surface area is 180 Å². The van der Waals surface area contributed by atoms with Crippen molar-refractivity contribution in [3.05, 3.63) is 72.1 Å². The molecule has 31 heavy (non-hydrogen) atoms. The number of carbonyl (C=O) groups is 1. The second-order valence-electron chi connectivity index (χ2n) is 8.05. The van der Waals surface area contributed by atoms with Crippen molar-refractivity contribution in [2.45, 2.75) is 25.4 Å². The number of pyridine rings is 1. The molecule has 4 rings (SSSR count). The Kier molecular flexibility index (Phi) is 5.65. The number of hydrogen-bond acceptors (Lipinski definition) is 6. The minimum Gasteiger partial charge on any atom is -0.368 e. The summed E-state index contributed by atoms with van der Waals surface area (Å²) in [6.45, 7) is 4.90. The van der Waals surface area contributed by atoms with Crippen molar-refractivity contribution in [3.63, 3.8) is 0 Å². The van der Waals surface area contributed by atoms with Gasteiger partial charge in [-0.05, 0) is 37.6 Å². The Balaban J connectivity index is 1.49. The summed E-state index contributed by atoms with van der Waals surface area (Å²) in [5.41, 5.74) is 7.74. The van der Waals surface area contributed by atoms with Gasteiger partial charge < -0.3 is 15.4 Å². The molecule has 0 aliphatic carbocycles. The lowest BCUT2D eigenvalue weighted by atomic mass is 9.83. The van der Waals surface area contributed by atoms with Gasteiger partial charge in [-0.1, -0.05) is 18.2 Å². The van der Waals surface area contributed by atoms with Crippen LogP contribution in [0.4, 0.5) is 10.3 Å². The molecule has 1 saturated heterocycles. The van der Waals surface area contributed by atoms with Gasteiger partial charge in [0.25, 0.3) is 0 Å². The molecule has 0 spiro atoms. The molecule has 2 N–H and O–H groups in total. The number of benzene rings is 1. The average molecular weight is 421 g/mol. The van der Waals surface area contributed by atoms with Crippen LogP contribution in [-0.2, 0) is 14.9 Å². The van der Waals surface area contributed by atoms with Crippen molar-refractivity contribution in [3.8, 4) is 11.1 Å². The van der Waals surface area contributed by atoms with Crippen LogP contribution in [0.1, 0.15) is 31.2 Å². The highest BCUT2D eigenvalue weighted by atomic mass is 19.1. The highest BCUT2D eigenvalue weighted by molar-refractivity contribution is 5.87. The van der Waals surface area contributed by atoms with Crippen molar-refractivity contribution in [2.75, 3.05) is 25.4 Å². The van der Waals surface area contributed by atoms with E-state index < -0.39 is 5.41 Å². The Hall–Kier alpha value is -3.39. The number of carbonyl (C=O) groups excluding carboxylic acids is 1. The zero-order valence-corrected chi connectivity index (χ0v) is 17.5. The molecule has 8 heteroatoms. The predicted octanol–water partition coefficient (Wildman–Crippen LogP) is 3.14. The highest BCUT2D eigenvalue weighted by Crippen LogP contribution is 2.30. The molecule has 7 nitrogen and oxygen atoms in total. The third-order valence-electron chi connectivity index (χ3n) is 5.56. The van der Waals surface area contributed by atoms with Crippen LogP contribution < -0.4 is 5.73 Å². The summed E-state index contributed by atoms with van der Waals surface area (Å²) in [5, 5.41) is 0. The molecule has 1 amide bonds. The standard InChI is InChI=1S/C23H24FN5O2/c1-23(2,17-4-3-5-18(24)10-17)21(30)29-8-9-31-20(14-29)19-7-6-15(11-26-19)16-12-27-22(25)28-13-16/h3-7,10-13,20H,8-9,14H2,1-2H3,(H2,25,27,28)/t20-/m1/s1. The van der Waals surface area contributed by atoms with Crippen LogP contribution >= 0.6 is 0 Å². The number of halogens is 1. The van der Waals surface area contributed by atoms with E-state index in [1.54, 1.807) is 35.6 Å². The Bertz CT molecular complexity index is 1070. The van der Waals surface area contributed by atoms with E-state index in [4.69, 9.17) is 10.5 Å². The number of rotatable bonds is 4. The molecular formula is C23H24FN5O2. The van der Waals surface area contributed by atoms with Gasteiger partial charge in [0, 0.05) is 36.3 Å². The zero-order chi connectivity index (χ0) is 22.0. The molecule has 3 aromatic rings. The number of nitrogens with zero attached hydrogens (tertiary/aromatic N) is 4. The first kappa shape index (κ1) is 20.9. The number of nitrogens with two attached hydrogens (primary N) is 1. The van der Waals surface area contributed by atoms with Gasteiger partial charge in [-0.15, -0.1) is 0 Å². The average Bonchev–Trinajstić information content (AvgIpc) is 2.79. The van der Waals surface area contributed by atoms with Crippen molar-refractivity contribution < 1.29 is 13.9 Å². The fraction of sp³-hybridized carbons (Fsp3) is 0.304. The van der Waals surface area contributed by atoms with Gasteiger partial charge in [-0.3, -0.25) is 9.78 Å². The van der Waals surface area contributed by atoms with Crippen LogP contribution in [0.2, 0.25) is 0 Å². The van der Waals surface area contributed by atoms with E-state index in [0.29, 0.717) is 25.3 Å². The third-order valence-corrected chi connectivity index (χ3v) is 5.56. The monoisotopic (exact) mass is 421 g/mol. The lowest BCUT2D eigenvalue weighted by Gasteiger charge is -2.37. The summed E-state index contributed by atoms with van der Waals surface area (Å²) in [4.78, 5) is 27.6. The molecule has 0 saturated carbocycles. The van der Waals surface area contributed by atoms with E-state index in [9.17, 15) is 9.18 Å². The number of aromatic nitrogens is 3. The van der Waals surface area contributed by atoms with Crippen molar-refractivity contribution in [1.29, 1.82) is 0 Å². The lowest BCUT2D eigenvalue weighted by Crippen LogP contribution is -2.49. The maximum atomic E-state index is 13.7. The van der Waals surface area contributed by atoms with E-state index in [2.05, 4.69) is 15.0 Å². The largest absolute Gasteiger partial charge is 0.368 e. The van der Waals surface area contributed by atoms with Gasteiger partial charge in [-0.25, -0.2) is 14.4 Å². The van der Waals surface area contributed by atoms with Gasteiger partial charge in [0.2, 0.25) is 11.9 Å². The molecule has 0 unspecified atom stereocenters. The van der Waals surface area contributed by atoms with Crippen molar-refractivity contribution in [1.82, 2.24) is 19.9 Å². The molecule has 2 aromatic heterocycles. The van der Waals surface area contributed by atoms with Crippen LogP contribution in [0, 0.1) is 5.82 Å². The summed E-state index contributed by atoms with van der Waals surface area (Å²) in [7, 11) is 0. The Morgan fingerprint density at radius 2 is 1.87 bits per heavy atom. The van der Waals surface area contributed by atoms with E-state index in [-0.39, 0.29) is 23.8 Å². The van der Waals surface area contributed by atoms with Crippen molar-refractivity contribution >= 4 is 11.9 Å². The van der Waals surface area contributed by atoms with Gasteiger partial charge in [0.05, 0.1) is 24.3 Å². The second kappa shape index (κ2) is 8.39. The molecule has 1 aliphatic rings. The second-order valence-corrected chi connectivity index (χ2v) is 8.05. The summed E-state index contributed by atoms with van der Waals surface area (Å²) in [5.74, 6) is -0.203. The maximum absolute atomic E-state index is 13.7. The fourth-order valence-electron chi connectivity index (χ4n) is 3.66. The topological polar surface area (TPSA) is 94.2 Å². The fourth-order valence-corrected chi connectivity index (χ4v) is 3.66. The Morgan fingerprint density at radius 3 is 2.55 bits per heavy atom. The lowest BCUT2D eigenvalue weighted by molar-refractivity contribution is -0.144. The molecule has 0 bridgehead atoms. The van der Waals surface area contributed by atoms with E-state index in [1.807, 2.05) is 26.0 Å². The number of anilines is 1. The molecule has 1 atom stereocenters. The number of amides is 1. The zero-order valence-electron chi connectivity index (χ0n) is 17.5. The molecule has 1 aliphatic heterocycles. The first-order valence-electron chi connectivity index (χ1n) is 10.1. The molecule has 1 aromatic carbocycles. The molecule has 1 fully saturated rings. The first-order valence-corrected chi connectivity index (χ1v) is 10.1. The SMILES string of the molecule is CC(C)(C(=O)N1CCO[C@@H](c2ccc(-c3cnc(N)nc3)cn2)C1)c1cccc(F)c1. The smallest absolute Gasteiger partial charge is 0.232 e. The van der Waals surface area contributed by atoms with Crippen LogP contribution in [-0.4, -0.2) is 45.5 Å². The van der Waals surface area contributed by atoms with E-state index in [0.717, 1.165) is 16.8 Å². The van der Waals surface area contributed by atoms with Gasteiger partial charge in [-0.2, -0.15) is 0 Å². The minimum absolute atomic E-state index is 0.0676. The molecule has 0 radical (unpaired) electrons. The molecular weight excluding hydrogens is 397 g/mol. The van der Waals surface area contributed by atoms with Gasteiger partial charge in [0.1, 0.15) is 11.9 Å². The van der Waals surface area contributed by atoms with Crippen LogP contribution in [0.3, 0.4) is 0 Å². The Morgan fingerprint density at radius 1 is 1.13 bits per heavy atom. The quantitative estimate of drug-likeness (QED) is 0.696. The normalized spacial score (nSPS) is 16.9. The van der Waals surface area contributed by atoms with E-state index >= 15 is 0 Å². The van der Waals surface area contributed by atoms with E-state index in [1.165, 1.54) is 12.1 Å². The number of nitrogen functional groups attached to an aromatic ring is 1. The summed E-state index contributed by atoms with van der Waals surface area (Å²) in [6.07, 6.45) is 4.68. The summed E-state index contributed by atoms with van der Waals surface area (Å²) in [6, 6.07) is 9.98. The molecule has 3 heterocycles. The van der Waals surface area contributed by atoms with Crippen LogP contribution in [0.25, 0.3) is 11.1 Å². The maximum Gasteiger partial charge on any atom is 0.232 e.